The fourth-order valence-electron chi connectivity index (χ4n) is 4.84. The Hall–Kier alpha value is -1.48. The van der Waals surface area contributed by atoms with Crippen molar-refractivity contribution in [1.29, 1.82) is 0 Å². The van der Waals surface area contributed by atoms with Crippen LogP contribution >= 0.6 is 23.7 Å². The van der Waals surface area contributed by atoms with Gasteiger partial charge in [0.05, 0.1) is 22.4 Å². The van der Waals surface area contributed by atoms with E-state index in [4.69, 9.17) is 0 Å². The molecule has 0 unspecified atom stereocenters. The summed E-state index contributed by atoms with van der Waals surface area (Å²) in [6.07, 6.45) is 6.88. The molecular weight excluding hydrogens is 457 g/mol. The van der Waals surface area contributed by atoms with Crippen LogP contribution in [-0.4, -0.2) is 36.4 Å². The summed E-state index contributed by atoms with van der Waals surface area (Å²) < 4.78 is 41.0. The third-order valence-corrected chi connectivity index (χ3v) is 9.03. The van der Waals surface area contributed by atoms with Crippen LogP contribution in [0.4, 0.5) is 10.1 Å². The van der Waals surface area contributed by atoms with E-state index >= 15 is 0 Å². The smallest absolute Gasteiger partial charge is 0.258 e. The van der Waals surface area contributed by atoms with Gasteiger partial charge in [0, 0.05) is 29.4 Å². The van der Waals surface area contributed by atoms with Crippen LogP contribution in [0.5, 0.6) is 0 Å². The van der Waals surface area contributed by atoms with E-state index in [9.17, 15) is 12.8 Å². The van der Waals surface area contributed by atoms with Crippen LogP contribution in [0, 0.1) is 11.7 Å². The summed E-state index contributed by atoms with van der Waals surface area (Å²) in [5.74, 6) is 0.380. The molecule has 0 radical (unpaired) electrons. The zero-order valence-electron chi connectivity index (χ0n) is 17.4. The highest BCUT2D eigenvalue weighted by atomic mass is 35.5. The molecule has 1 aromatic carbocycles. The van der Waals surface area contributed by atoms with Crippen LogP contribution in [-0.2, 0) is 23.0 Å². The predicted molar refractivity (Wildman–Crippen MR) is 125 cm³/mol. The van der Waals surface area contributed by atoms with Crippen molar-refractivity contribution in [3.63, 3.8) is 0 Å². The number of thiazole rings is 1. The van der Waals surface area contributed by atoms with Gasteiger partial charge in [-0.05, 0) is 69.2 Å². The quantitative estimate of drug-likeness (QED) is 0.616. The molecule has 31 heavy (non-hydrogen) atoms. The van der Waals surface area contributed by atoms with Crippen LogP contribution in [0.25, 0.3) is 0 Å². The Balaban J connectivity index is 0.00000231. The SMILES string of the molecule is C[C@H]1C[C@@]2(C=CS(=O)(=O)N2c2cccc(F)c2)CCN1Cc1scnc1CC1CC1.Cl. The molecule has 2 atom stereocenters. The van der Waals surface area contributed by atoms with Gasteiger partial charge in [-0.15, -0.1) is 23.7 Å². The topological polar surface area (TPSA) is 53.5 Å². The zero-order valence-corrected chi connectivity index (χ0v) is 19.9. The van der Waals surface area contributed by atoms with Gasteiger partial charge in [-0.1, -0.05) is 6.07 Å². The van der Waals surface area contributed by atoms with Gasteiger partial charge >= 0.3 is 0 Å². The molecule has 3 heterocycles. The minimum Gasteiger partial charge on any atom is -0.295 e. The minimum absolute atomic E-state index is 0. The molecule has 2 fully saturated rings. The summed E-state index contributed by atoms with van der Waals surface area (Å²) in [6, 6.07) is 6.09. The lowest BCUT2D eigenvalue weighted by Crippen LogP contribution is -2.56. The molecule has 1 saturated carbocycles. The third kappa shape index (κ3) is 4.40. The number of sulfonamides is 1. The number of rotatable bonds is 5. The monoisotopic (exact) mass is 483 g/mol. The van der Waals surface area contributed by atoms with Crippen molar-refractivity contribution >= 4 is 39.5 Å². The minimum atomic E-state index is -3.61. The fourth-order valence-corrected chi connectivity index (χ4v) is 7.35. The van der Waals surface area contributed by atoms with E-state index < -0.39 is 21.4 Å². The first-order valence-electron chi connectivity index (χ1n) is 10.5. The van der Waals surface area contributed by atoms with E-state index in [1.54, 1.807) is 23.5 Å². The second-order valence-electron chi connectivity index (χ2n) is 8.84. The molecule has 3 aliphatic rings. The van der Waals surface area contributed by atoms with E-state index in [2.05, 4.69) is 16.8 Å². The maximum absolute atomic E-state index is 13.9. The molecule has 5 rings (SSSR count). The van der Waals surface area contributed by atoms with E-state index in [-0.39, 0.29) is 18.4 Å². The molecule has 1 aliphatic carbocycles. The number of hydrogen-bond donors (Lipinski definition) is 0. The molecule has 1 aromatic heterocycles. The Morgan fingerprint density at radius 1 is 1.32 bits per heavy atom. The molecular formula is C22H27ClFN3O2S2. The first-order valence-corrected chi connectivity index (χ1v) is 12.9. The van der Waals surface area contributed by atoms with Crippen molar-refractivity contribution in [2.24, 2.45) is 5.92 Å². The molecule has 1 saturated heterocycles. The fraction of sp³-hybridized carbons (Fsp3) is 0.500. The van der Waals surface area contributed by atoms with Gasteiger partial charge < -0.3 is 0 Å². The molecule has 2 aromatic rings. The summed E-state index contributed by atoms with van der Waals surface area (Å²) in [6.45, 7) is 3.80. The lowest BCUT2D eigenvalue weighted by atomic mass is 9.83. The van der Waals surface area contributed by atoms with E-state index in [0.717, 1.165) is 25.4 Å². The van der Waals surface area contributed by atoms with Crippen molar-refractivity contribution in [2.75, 3.05) is 10.8 Å². The summed E-state index contributed by atoms with van der Waals surface area (Å²) >= 11 is 1.72. The average molecular weight is 484 g/mol. The van der Waals surface area contributed by atoms with E-state index in [1.165, 1.54) is 45.3 Å². The van der Waals surface area contributed by atoms with Crippen LogP contribution < -0.4 is 4.31 Å². The van der Waals surface area contributed by atoms with Crippen LogP contribution in [0.1, 0.15) is 43.2 Å². The number of hydrogen-bond acceptors (Lipinski definition) is 5. The van der Waals surface area contributed by atoms with E-state index in [1.807, 2.05) is 11.6 Å². The standard InChI is InChI=1S/C22H26FN3O2S2.ClH/c1-16-13-22(8-10-30(27,28)26(22)19-4-2-3-18(23)12-19)7-9-25(16)14-21-20(24-15-29-21)11-17-5-6-17;/h2-4,8,10,12,15-17H,5-7,9,11,13-14H2,1H3;1H/t16-,22-;/m0./s1. The Kier molecular flexibility index (Phi) is 6.20. The maximum atomic E-state index is 13.9. The second-order valence-corrected chi connectivity index (χ2v) is 11.4. The number of aromatic nitrogens is 1. The summed E-state index contributed by atoms with van der Waals surface area (Å²) in [5, 5.41) is 1.29. The number of piperidine rings is 1. The average Bonchev–Trinajstić information content (AvgIpc) is 3.34. The highest BCUT2D eigenvalue weighted by Crippen LogP contribution is 2.44. The first-order chi connectivity index (χ1) is 14.4. The molecule has 2 aliphatic heterocycles. The van der Waals surface area contributed by atoms with Gasteiger partial charge in [-0.25, -0.2) is 17.8 Å². The highest BCUT2D eigenvalue weighted by molar-refractivity contribution is 7.96. The number of benzene rings is 1. The summed E-state index contributed by atoms with van der Waals surface area (Å²) in [7, 11) is -3.61. The zero-order chi connectivity index (χ0) is 20.9. The Morgan fingerprint density at radius 2 is 2.13 bits per heavy atom. The molecule has 1 spiro atoms. The largest absolute Gasteiger partial charge is 0.295 e. The number of nitrogens with zero attached hydrogens (tertiary/aromatic N) is 3. The van der Waals surface area contributed by atoms with Gasteiger partial charge in [0.1, 0.15) is 5.82 Å². The molecule has 0 bridgehead atoms. The number of halogens is 2. The highest BCUT2D eigenvalue weighted by Gasteiger charge is 2.49. The number of likely N-dealkylation sites (tertiary alicyclic amines) is 1. The van der Waals surface area contributed by atoms with Crippen LogP contribution in [0.2, 0.25) is 0 Å². The summed E-state index contributed by atoms with van der Waals surface area (Å²) in [5.41, 5.74) is 2.95. The molecule has 0 N–H and O–H groups in total. The van der Waals surface area contributed by atoms with Gasteiger partial charge in [-0.3, -0.25) is 9.21 Å². The van der Waals surface area contributed by atoms with Crippen molar-refractivity contribution in [3.8, 4) is 0 Å². The number of anilines is 1. The molecule has 168 valence electrons. The first kappa shape index (κ1) is 22.7. The molecule has 9 heteroatoms. The van der Waals surface area contributed by atoms with Crippen LogP contribution in [0.15, 0.2) is 41.3 Å². The lowest BCUT2D eigenvalue weighted by molar-refractivity contribution is 0.120. The maximum Gasteiger partial charge on any atom is 0.258 e. The lowest BCUT2D eigenvalue weighted by Gasteiger charge is -2.47. The predicted octanol–water partition coefficient (Wildman–Crippen LogP) is 4.74. The molecule has 0 amide bonds. The van der Waals surface area contributed by atoms with Crippen LogP contribution in [0.3, 0.4) is 0 Å². The van der Waals surface area contributed by atoms with Gasteiger partial charge in [0.15, 0.2) is 0 Å². The molecule has 5 nitrogen and oxygen atoms in total. The van der Waals surface area contributed by atoms with Gasteiger partial charge in [-0.2, -0.15) is 0 Å². The van der Waals surface area contributed by atoms with Gasteiger partial charge in [0.25, 0.3) is 10.0 Å². The normalized spacial score (nSPS) is 27.5. The Labute approximate surface area is 193 Å². The van der Waals surface area contributed by atoms with Crippen molar-refractivity contribution in [3.05, 3.63) is 57.6 Å². The Bertz CT molecular complexity index is 1090. The summed E-state index contributed by atoms with van der Waals surface area (Å²) in [4.78, 5) is 8.36. The third-order valence-electron chi connectivity index (χ3n) is 6.61. The second kappa shape index (κ2) is 8.46. The van der Waals surface area contributed by atoms with Crippen molar-refractivity contribution < 1.29 is 12.8 Å². The van der Waals surface area contributed by atoms with Gasteiger partial charge in [0.2, 0.25) is 0 Å². The van der Waals surface area contributed by atoms with Crippen molar-refractivity contribution in [2.45, 2.75) is 57.2 Å². The van der Waals surface area contributed by atoms with E-state index in [0.29, 0.717) is 18.5 Å². The van der Waals surface area contributed by atoms with Crippen molar-refractivity contribution in [1.82, 2.24) is 9.88 Å². The Morgan fingerprint density at radius 3 is 2.84 bits per heavy atom.